The van der Waals surface area contributed by atoms with Crippen LogP contribution in [0, 0.1) is 5.82 Å². The van der Waals surface area contributed by atoms with Crippen molar-refractivity contribution in [3.05, 3.63) is 83.7 Å². The predicted octanol–water partition coefficient (Wildman–Crippen LogP) is 4.21. The summed E-state index contributed by atoms with van der Waals surface area (Å²) in [5, 5.41) is 1.13. The molecule has 0 aliphatic heterocycles. The monoisotopic (exact) mass is 250 g/mol. The third kappa shape index (κ3) is 2.02. The maximum atomic E-state index is 13.7. The number of rotatable bonds is 2. The minimum Gasteiger partial charge on any atom is -0.289 e. The third-order valence-corrected chi connectivity index (χ3v) is 3.15. The minimum atomic E-state index is -0.305. The maximum absolute atomic E-state index is 13.7. The van der Waals surface area contributed by atoms with Crippen LogP contribution in [0.25, 0.3) is 10.8 Å². The smallest absolute Gasteiger partial charge is 0.193 e. The molecule has 0 radical (unpaired) electrons. The average Bonchev–Trinajstić information content (AvgIpc) is 2.48. The van der Waals surface area contributed by atoms with Gasteiger partial charge in [-0.3, -0.25) is 4.79 Å². The molecule has 0 spiro atoms. The van der Waals surface area contributed by atoms with Crippen LogP contribution in [0.3, 0.4) is 0 Å². The van der Waals surface area contributed by atoms with E-state index in [1.807, 2.05) is 24.3 Å². The molecule has 0 fully saturated rings. The van der Waals surface area contributed by atoms with Crippen LogP contribution in [0.4, 0.5) is 4.39 Å². The second-order valence-corrected chi connectivity index (χ2v) is 4.34. The van der Waals surface area contributed by atoms with Gasteiger partial charge in [0.1, 0.15) is 5.82 Å². The number of benzene rings is 3. The number of hydrogen-bond acceptors (Lipinski definition) is 1. The van der Waals surface area contributed by atoms with E-state index in [-0.39, 0.29) is 11.6 Å². The van der Waals surface area contributed by atoms with Gasteiger partial charge in [0, 0.05) is 16.5 Å². The van der Waals surface area contributed by atoms with Crippen molar-refractivity contribution in [2.45, 2.75) is 0 Å². The summed E-state index contributed by atoms with van der Waals surface area (Å²) in [4.78, 5) is 12.4. The number of fused-ring (bicyclic) bond motifs is 1. The van der Waals surface area contributed by atoms with Gasteiger partial charge >= 0.3 is 0 Å². The van der Waals surface area contributed by atoms with E-state index in [4.69, 9.17) is 0 Å². The highest BCUT2D eigenvalue weighted by molar-refractivity contribution is 6.16. The Hall–Kier alpha value is -2.48. The Kier molecular flexibility index (Phi) is 2.84. The molecule has 0 aromatic heterocycles. The van der Waals surface area contributed by atoms with Gasteiger partial charge in [-0.25, -0.2) is 4.39 Å². The van der Waals surface area contributed by atoms with E-state index < -0.39 is 0 Å². The molecule has 3 rings (SSSR count). The zero-order valence-electron chi connectivity index (χ0n) is 10.1. The Bertz CT molecular complexity index is 748. The molecule has 0 atom stereocenters. The molecule has 92 valence electrons. The highest BCUT2D eigenvalue weighted by Gasteiger charge is 2.13. The van der Waals surface area contributed by atoms with Crippen molar-refractivity contribution in [3.63, 3.8) is 0 Å². The van der Waals surface area contributed by atoms with Gasteiger partial charge in [-0.2, -0.15) is 0 Å². The standard InChI is InChI=1S/C17H11FO/c18-16-11-10-15(13-8-4-5-9-14(13)16)17(19)12-6-2-1-3-7-12/h1-11H. The summed E-state index contributed by atoms with van der Waals surface area (Å²) in [6.45, 7) is 0. The van der Waals surface area contributed by atoms with Gasteiger partial charge in [0.15, 0.2) is 5.78 Å². The highest BCUT2D eigenvalue weighted by Crippen LogP contribution is 2.23. The van der Waals surface area contributed by atoms with Gasteiger partial charge in [-0.15, -0.1) is 0 Å². The minimum absolute atomic E-state index is 0.0863. The summed E-state index contributed by atoms with van der Waals surface area (Å²) in [5.74, 6) is -0.392. The normalized spacial score (nSPS) is 10.6. The maximum Gasteiger partial charge on any atom is 0.193 e. The molecule has 0 aliphatic rings. The van der Waals surface area contributed by atoms with E-state index in [9.17, 15) is 9.18 Å². The van der Waals surface area contributed by atoms with Gasteiger partial charge < -0.3 is 0 Å². The molecule has 3 aromatic rings. The van der Waals surface area contributed by atoms with Crippen LogP contribution in [0.2, 0.25) is 0 Å². The fourth-order valence-corrected chi connectivity index (χ4v) is 2.21. The van der Waals surface area contributed by atoms with Crippen molar-refractivity contribution in [2.24, 2.45) is 0 Å². The summed E-state index contributed by atoms with van der Waals surface area (Å²) in [5.41, 5.74) is 1.14. The van der Waals surface area contributed by atoms with Crippen molar-refractivity contribution in [1.82, 2.24) is 0 Å². The quantitative estimate of drug-likeness (QED) is 0.623. The SMILES string of the molecule is O=C(c1ccccc1)c1ccc(F)c2ccccc12. The molecule has 0 N–H and O–H groups in total. The molecule has 2 heteroatoms. The third-order valence-electron chi connectivity index (χ3n) is 3.15. The largest absolute Gasteiger partial charge is 0.289 e. The molecule has 0 aliphatic carbocycles. The second-order valence-electron chi connectivity index (χ2n) is 4.34. The predicted molar refractivity (Wildman–Crippen MR) is 73.8 cm³/mol. The lowest BCUT2D eigenvalue weighted by molar-refractivity contribution is 0.104. The van der Waals surface area contributed by atoms with E-state index in [0.29, 0.717) is 21.9 Å². The lowest BCUT2D eigenvalue weighted by Gasteiger charge is -2.06. The number of hydrogen-bond donors (Lipinski definition) is 0. The summed E-state index contributed by atoms with van der Waals surface area (Å²) >= 11 is 0. The van der Waals surface area contributed by atoms with E-state index in [1.165, 1.54) is 6.07 Å². The van der Waals surface area contributed by atoms with Crippen molar-refractivity contribution in [2.75, 3.05) is 0 Å². The molecular formula is C17H11FO. The van der Waals surface area contributed by atoms with Gasteiger partial charge in [0.25, 0.3) is 0 Å². The van der Waals surface area contributed by atoms with Crippen LogP contribution in [-0.4, -0.2) is 5.78 Å². The van der Waals surface area contributed by atoms with E-state index in [0.717, 1.165) is 0 Å². The molecule has 19 heavy (non-hydrogen) atoms. The molecule has 0 amide bonds. The fraction of sp³-hybridized carbons (Fsp3) is 0. The van der Waals surface area contributed by atoms with E-state index in [1.54, 1.807) is 36.4 Å². The Morgan fingerprint density at radius 1 is 0.737 bits per heavy atom. The Morgan fingerprint density at radius 2 is 1.37 bits per heavy atom. The molecular weight excluding hydrogens is 239 g/mol. The van der Waals surface area contributed by atoms with Crippen LogP contribution in [-0.2, 0) is 0 Å². The summed E-state index contributed by atoms with van der Waals surface area (Å²) in [7, 11) is 0. The lowest BCUT2D eigenvalue weighted by atomic mass is 9.97. The lowest BCUT2D eigenvalue weighted by Crippen LogP contribution is -2.02. The zero-order chi connectivity index (χ0) is 13.2. The molecule has 0 unspecified atom stereocenters. The van der Waals surface area contributed by atoms with Crippen molar-refractivity contribution >= 4 is 16.6 Å². The zero-order valence-corrected chi connectivity index (χ0v) is 10.1. The van der Waals surface area contributed by atoms with Gasteiger partial charge in [-0.05, 0) is 17.5 Å². The summed E-state index contributed by atoms with van der Waals surface area (Å²) < 4.78 is 13.7. The number of carbonyl (C=O) groups is 1. The number of carbonyl (C=O) groups excluding carboxylic acids is 1. The summed E-state index contributed by atoms with van der Waals surface area (Å²) in [6.07, 6.45) is 0. The number of halogens is 1. The van der Waals surface area contributed by atoms with Crippen molar-refractivity contribution < 1.29 is 9.18 Å². The Balaban J connectivity index is 2.22. The first-order valence-corrected chi connectivity index (χ1v) is 6.04. The van der Waals surface area contributed by atoms with Crippen LogP contribution in [0.1, 0.15) is 15.9 Å². The molecule has 0 heterocycles. The first kappa shape index (κ1) is 11.6. The molecule has 1 nitrogen and oxygen atoms in total. The fourth-order valence-electron chi connectivity index (χ4n) is 2.21. The second kappa shape index (κ2) is 4.65. The average molecular weight is 250 g/mol. The van der Waals surface area contributed by atoms with Crippen LogP contribution in [0.15, 0.2) is 66.7 Å². The molecule has 0 bridgehead atoms. The Morgan fingerprint density at radius 3 is 2.11 bits per heavy atom. The van der Waals surface area contributed by atoms with Gasteiger partial charge in [0.05, 0.1) is 0 Å². The van der Waals surface area contributed by atoms with E-state index >= 15 is 0 Å². The first-order valence-electron chi connectivity index (χ1n) is 6.04. The van der Waals surface area contributed by atoms with Crippen molar-refractivity contribution in [1.29, 1.82) is 0 Å². The van der Waals surface area contributed by atoms with Crippen LogP contribution < -0.4 is 0 Å². The first-order chi connectivity index (χ1) is 9.27. The van der Waals surface area contributed by atoms with Crippen LogP contribution in [0.5, 0.6) is 0 Å². The van der Waals surface area contributed by atoms with Crippen LogP contribution >= 0.6 is 0 Å². The molecule has 0 saturated carbocycles. The van der Waals surface area contributed by atoms with Gasteiger partial charge in [0.2, 0.25) is 0 Å². The summed E-state index contributed by atoms with van der Waals surface area (Å²) in [6, 6.07) is 19.0. The van der Waals surface area contributed by atoms with Gasteiger partial charge in [-0.1, -0.05) is 54.6 Å². The highest BCUT2D eigenvalue weighted by atomic mass is 19.1. The molecule has 0 saturated heterocycles. The molecule has 3 aromatic carbocycles. The number of ketones is 1. The van der Waals surface area contributed by atoms with Crippen molar-refractivity contribution in [3.8, 4) is 0 Å². The topological polar surface area (TPSA) is 17.1 Å². The Labute approximate surface area is 110 Å². The van der Waals surface area contributed by atoms with E-state index in [2.05, 4.69) is 0 Å².